The van der Waals surface area contributed by atoms with E-state index in [-0.39, 0.29) is 5.91 Å². The van der Waals surface area contributed by atoms with E-state index >= 15 is 0 Å². The normalized spacial score (nSPS) is 15.6. The van der Waals surface area contributed by atoms with Crippen molar-refractivity contribution in [2.45, 2.75) is 26.8 Å². The van der Waals surface area contributed by atoms with Gasteiger partial charge < -0.3 is 4.90 Å². The standard InChI is InChI=1S/C20H26N6O/c1-14-17(15(2)24(3)23-14)13-25-8-10-26(11-9-25)20(27)12-19-16-6-4-5-7-18(16)21-22-19/h4-7H,8-13H2,1-3H3,(H,21,22). The van der Waals surface area contributed by atoms with Crippen LogP contribution in [0.25, 0.3) is 10.9 Å². The molecule has 7 heteroatoms. The van der Waals surface area contributed by atoms with Crippen LogP contribution in [0, 0.1) is 13.8 Å². The molecule has 0 spiro atoms. The number of para-hydroxylation sites is 1. The first kappa shape index (κ1) is 17.7. The van der Waals surface area contributed by atoms with Crippen LogP contribution in [0.4, 0.5) is 0 Å². The maximum absolute atomic E-state index is 12.7. The van der Waals surface area contributed by atoms with Crippen molar-refractivity contribution in [2.75, 3.05) is 26.2 Å². The molecule has 1 aliphatic heterocycles. The molecule has 3 aromatic rings. The third-order valence-corrected chi connectivity index (χ3v) is 5.63. The largest absolute Gasteiger partial charge is 0.340 e. The molecule has 27 heavy (non-hydrogen) atoms. The Hall–Kier alpha value is -2.67. The predicted octanol–water partition coefficient (Wildman–Crippen LogP) is 1.80. The van der Waals surface area contributed by atoms with Gasteiger partial charge in [0.2, 0.25) is 5.91 Å². The molecule has 0 atom stereocenters. The van der Waals surface area contributed by atoms with Gasteiger partial charge in [-0.15, -0.1) is 0 Å². The van der Waals surface area contributed by atoms with Crippen molar-refractivity contribution < 1.29 is 4.79 Å². The van der Waals surface area contributed by atoms with Gasteiger partial charge >= 0.3 is 0 Å². The Kier molecular flexibility index (Phi) is 4.70. The number of hydrogen-bond donors (Lipinski definition) is 1. The lowest BCUT2D eigenvalue weighted by Crippen LogP contribution is -2.48. The van der Waals surface area contributed by atoms with Gasteiger partial charge in [-0.05, 0) is 19.9 Å². The van der Waals surface area contributed by atoms with Crippen LogP contribution in [0.2, 0.25) is 0 Å². The number of aryl methyl sites for hydroxylation is 2. The highest BCUT2D eigenvalue weighted by Gasteiger charge is 2.23. The molecule has 1 N–H and O–H groups in total. The summed E-state index contributed by atoms with van der Waals surface area (Å²) in [6.45, 7) is 8.40. The van der Waals surface area contributed by atoms with Gasteiger partial charge in [0.15, 0.2) is 0 Å². The van der Waals surface area contributed by atoms with Crippen molar-refractivity contribution in [1.82, 2.24) is 29.8 Å². The molecule has 7 nitrogen and oxygen atoms in total. The highest BCUT2D eigenvalue weighted by molar-refractivity contribution is 5.87. The summed E-state index contributed by atoms with van der Waals surface area (Å²) in [7, 11) is 1.99. The topological polar surface area (TPSA) is 70.1 Å². The summed E-state index contributed by atoms with van der Waals surface area (Å²) >= 11 is 0. The Morgan fingerprint density at radius 3 is 2.59 bits per heavy atom. The highest BCUT2D eigenvalue weighted by atomic mass is 16.2. The van der Waals surface area contributed by atoms with Crippen molar-refractivity contribution in [1.29, 1.82) is 0 Å². The van der Waals surface area contributed by atoms with E-state index in [0.717, 1.165) is 55.0 Å². The van der Waals surface area contributed by atoms with Crippen molar-refractivity contribution in [3.8, 4) is 0 Å². The first-order valence-corrected chi connectivity index (χ1v) is 9.44. The number of carbonyl (C=O) groups excluding carboxylic acids is 1. The number of aromatic nitrogens is 4. The molecule has 3 heterocycles. The number of piperazine rings is 1. The second-order valence-electron chi connectivity index (χ2n) is 7.33. The fourth-order valence-corrected chi connectivity index (χ4v) is 3.84. The molecular formula is C20H26N6O. The molecule has 2 aromatic heterocycles. The zero-order chi connectivity index (χ0) is 19.0. The van der Waals surface area contributed by atoms with Crippen LogP contribution >= 0.6 is 0 Å². The average Bonchev–Trinajstić information content (AvgIpc) is 3.18. The van der Waals surface area contributed by atoms with E-state index in [4.69, 9.17) is 0 Å². The van der Waals surface area contributed by atoms with Crippen molar-refractivity contribution in [3.05, 3.63) is 46.9 Å². The van der Waals surface area contributed by atoms with Gasteiger partial charge in [-0.25, -0.2) is 0 Å². The van der Waals surface area contributed by atoms with Crippen LogP contribution in [-0.2, 0) is 24.8 Å². The van der Waals surface area contributed by atoms with Crippen molar-refractivity contribution in [3.63, 3.8) is 0 Å². The van der Waals surface area contributed by atoms with Crippen LogP contribution in [-0.4, -0.2) is 61.9 Å². The van der Waals surface area contributed by atoms with E-state index in [0.29, 0.717) is 6.42 Å². The third kappa shape index (κ3) is 3.47. The van der Waals surface area contributed by atoms with Gasteiger partial charge in [-0.3, -0.25) is 19.5 Å². The summed E-state index contributed by atoms with van der Waals surface area (Å²) in [6, 6.07) is 7.91. The molecule has 4 rings (SSSR count). The summed E-state index contributed by atoms with van der Waals surface area (Å²) < 4.78 is 1.94. The zero-order valence-corrected chi connectivity index (χ0v) is 16.2. The number of hydrogen-bond acceptors (Lipinski definition) is 4. The molecule has 1 fully saturated rings. The quantitative estimate of drug-likeness (QED) is 0.764. The number of carbonyl (C=O) groups is 1. The first-order chi connectivity index (χ1) is 13.0. The highest BCUT2D eigenvalue weighted by Crippen LogP contribution is 2.18. The number of H-pyrrole nitrogens is 1. The van der Waals surface area contributed by atoms with E-state index < -0.39 is 0 Å². The molecule has 0 bridgehead atoms. The van der Waals surface area contributed by atoms with Crippen LogP contribution in [0.1, 0.15) is 22.6 Å². The van der Waals surface area contributed by atoms with Gasteiger partial charge in [-0.2, -0.15) is 10.2 Å². The van der Waals surface area contributed by atoms with E-state index in [1.165, 1.54) is 11.3 Å². The van der Waals surface area contributed by atoms with Crippen LogP contribution in [0.15, 0.2) is 24.3 Å². The van der Waals surface area contributed by atoms with Gasteiger partial charge in [0.1, 0.15) is 0 Å². The lowest BCUT2D eigenvalue weighted by atomic mass is 10.1. The predicted molar refractivity (Wildman–Crippen MR) is 104 cm³/mol. The average molecular weight is 366 g/mol. The lowest BCUT2D eigenvalue weighted by Gasteiger charge is -2.34. The van der Waals surface area contributed by atoms with Crippen LogP contribution in [0.3, 0.4) is 0 Å². The first-order valence-electron chi connectivity index (χ1n) is 9.44. The molecule has 142 valence electrons. The van der Waals surface area contributed by atoms with E-state index in [1.807, 2.05) is 40.9 Å². The summed E-state index contributed by atoms with van der Waals surface area (Å²) in [5, 5.41) is 12.8. The minimum absolute atomic E-state index is 0.165. The molecule has 1 saturated heterocycles. The Balaban J connectivity index is 1.35. The van der Waals surface area contributed by atoms with Crippen molar-refractivity contribution >= 4 is 16.8 Å². The number of nitrogens with one attached hydrogen (secondary N) is 1. The summed E-state index contributed by atoms with van der Waals surface area (Å²) in [6.07, 6.45) is 0.376. The number of amides is 1. The summed E-state index contributed by atoms with van der Waals surface area (Å²) in [5.74, 6) is 0.165. The zero-order valence-electron chi connectivity index (χ0n) is 16.2. The Morgan fingerprint density at radius 2 is 1.89 bits per heavy atom. The third-order valence-electron chi connectivity index (χ3n) is 5.63. The monoisotopic (exact) mass is 366 g/mol. The number of rotatable bonds is 4. The molecule has 0 radical (unpaired) electrons. The summed E-state index contributed by atoms with van der Waals surface area (Å²) in [4.78, 5) is 17.1. The van der Waals surface area contributed by atoms with E-state index in [9.17, 15) is 4.79 Å². The SMILES string of the molecule is Cc1nn(C)c(C)c1CN1CCN(C(=O)Cc2[nH]nc3ccccc23)CC1. The van der Waals surface area contributed by atoms with Crippen LogP contribution in [0.5, 0.6) is 0 Å². The number of fused-ring (bicyclic) bond motifs is 1. The Morgan fingerprint density at radius 1 is 1.15 bits per heavy atom. The molecule has 1 amide bonds. The van der Waals surface area contributed by atoms with Gasteiger partial charge in [0.05, 0.1) is 23.3 Å². The van der Waals surface area contributed by atoms with E-state index in [1.54, 1.807) is 0 Å². The minimum Gasteiger partial charge on any atom is -0.340 e. The van der Waals surface area contributed by atoms with Crippen LogP contribution < -0.4 is 0 Å². The molecule has 0 aliphatic carbocycles. The molecular weight excluding hydrogens is 340 g/mol. The number of nitrogens with zero attached hydrogens (tertiary/aromatic N) is 5. The molecule has 1 aromatic carbocycles. The van der Waals surface area contributed by atoms with Crippen molar-refractivity contribution in [2.24, 2.45) is 7.05 Å². The fraction of sp³-hybridized carbons (Fsp3) is 0.450. The minimum atomic E-state index is 0.165. The maximum atomic E-state index is 12.7. The molecule has 1 aliphatic rings. The van der Waals surface area contributed by atoms with Gasteiger partial charge in [-0.1, -0.05) is 18.2 Å². The Labute approximate surface area is 158 Å². The van der Waals surface area contributed by atoms with E-state index in [2.05, 4.69) is 34.0 Å². The second-order valence-corrected chi connectivity index (χ2v) is 7.33. The smallest absolute Gasteiger partial charge is 0.228 e. The van der Waals surface area contributed by atoms with Gasteiger partial charge in [0.25, 0.3) is 0 Å². The molecule has 0 unspecified atom stereocenters. The number of benzene rings is 1. The second kappa shape index (κ2) is 7.15. The Bertz CT molecular complexity index is 964. The number of aromatic amines is 1. The van der Waals surface area contributed by atoms with Gasteiger partial charge in [0, 0.05) is 56.4 Å². The summed E-state index contributed by atoms with van der Waals surface area (Å²) in [5.41, 5.74) is 5.44. The maximum Gasteiger partial charge on any atom is 0.228 e. The fourth-order valence-electron chi connectivity index (χ4n) is 3.84. The lowest BCUT2D eigenvalue weighted by molar-refractivity contribution is -0.132. The molecule has 0 saturated carbocycles.